The van der Waals surface area contributed by atoms with E-state index in [1.807, 2.05) is 18.2 Å². The average molecular weight is 290 g/mol. The van der Waals surface area contributed by atoms with Gasteiger partial charge in [-0.15, -0.1) is 0 Å². The minimum absolute atomic E-state index is 0.132. The van der Waals surface area contributed by atoms with Gasteiger partial charge < -0.3 is 9.47 Å². The molecular formula is C17H22O4. The maximum absolute atomic E-state index is 11.9. The van der Waals surface area contributed by atoms with Crippen molar-refractivity contribution in [1.82, 2.24) is 0 Å². The molecule has 0 saturated carbocycles. The van der Waals surface area contributed by atoms with E-state index in [2.05, 4.69) is 6.07 Å². The summed E-state index contributed by atoms with van der Waals surface area (Å²) >= 11 is 0. The molecule has 0 bridgehead atoms. The molecule has 1 unspecified atom stereocenters. The fourth-order valence-corrected chi connectivity index (χ4v) is 2.65. The van der Waals surface area contributed by atoms with E-state index in [1.54, 1.807) is 6.92 Å². The van der Waals surface area contributed by atoms with Gasteiger partial charge in [-0.1, -0.05) is 18.2 Å². The molecule has 1 heterocycles. The van der Waals surface area contributed by atoms with Crippen LogP contribution in [0.5, 0.6) is 5.75 Å². The van der Waals surface area contributed by atoms with Gasteiger partial charge in [0.05, 0.1) is 19.6 Å². The number of hydrogen-bond acceptors (Lipinski definition) is 4. The first-order chi connectivity index (χ1) is 10.2. The molecule has 0 N–H and O–H groups in total. The Morgan fingerprint density at radius 3 is 2.86 bits per heavy atom. The van der Waals surface area contributed by atoms with Crippen LogP contribution in [0.2, 0.25) is 0 Å². The molecule has 1 aromatic rings. The highest BCUT2D eigenvalue weighted by atomic mass is 16.5. The molecule has 0 radical (unpaired) electrons. The molecule has 1 atom stereocenters. The lowest BCUT2D eigenvalue weighted by Crippen LogP contribution is -2.15. The SMILES string of the molecule is CCOC(=O)CCC(=O)CCC1CCOc2ccccc21. The van der Waals surface area contributed by atoms with E-state index in [9.17, 15) is 9.59 Å². The van der Waals surface area contributed by atoms with Crippen molar-refractivity contribution in [2.75, 3.05) is 13.2 Å². The van der Waals surface area contributed by atoms with Gasteiger partial charge >= 0.3 is 5.97 Å². The lowest BCUT2D eigenvalue weighted by molar-refractivity contribution is -0.144. The molecule has 0 saturated heterocycles. The van der Waals surface area contributed by atoms with E-state index in [-0.39, 0.29) is 24.6 Å². The number of carbonyl (C=O) groups is 2. The Balaban J connectivity index is 1.79. The number of rotatable bonds is 7. The van der Waals surface area contributed by atoms with Crippen molar-refractivity contribution in [2.45, 2.75) is 44.9 Å². The third-order valence-corrected chi connectivity index (χ3v) is 3.77. The topological polar surface area (TPSA) is 52.6 Å². The molecule has 0 fully saturated rings. The molecule has 0 aliphatic carbocycles. The summed E-state index contributed by atoms with van der Waals surface area (Å²) in [7, 11) is 0. The third kappa shape index (κ3) is 4.59. The van der Waals surface area contributed by atoms with Crippen LogP contribution >= 0.6 is 0 Å². The van der Waals surface area contributed by atoms with Crippen molar-refractivity contribution < 1.29 is 19.1 Å². The Hall–Kier alpha value is -1.84. The summed E-state index contributed by atoms with van der Waals surface area (Å²) in [6, 6.07) is 8.01. The summed E-state index contributed by atoms with van der Waals surface area (Å²) in [6.07, 6.45) is 2.75. The Kier molecular flexibility index (Phi) is 5.78. The van der Waals surface area contributed by atoms with Gasteiger partial charge in [-0.3, -0.25) is 9.59 Å². The van der Waals surface area contributed by atoms with Gasteiger partial charge in [0.25, 0.3) is 0 Å². The normalized spacial score (nSPS) is 16.7. The first kappa shape index (κ1) is 15.5. The van der Waals surface area contributed by atoms with Crippen LogP contribution in [-0.4, -0.2) is 25.0 Å². The molecule has 1 aromatic carbocycles. The second kappa shape index (κ2) is 7.81. The maximum atomic E-state index is 11.9. The van der Waals surface area contributed by atoms with E-state index < -0.39 is 0 Å². The maximum Gasteiger partial charge on any atom is 0.306 e. The molecular weight excluding hydrogens is 268 g/mol. The monoisotopic (exact) mass is 290 g/mol. The summed E-state index contributed by atoms with van der Waals surface area (Å²) in [6.45, 7) is 2.84. The zero-order valence-corrected chi connectivity index (χ0v) is 12.5. The Bertz CT molecular complexity index is 495. The molecule has 4 heteroatoms. The van der Waals surface area contributed by atoms with Crippen molar-refractivity contribution in [3.63, 3.8) is 0 Å². The third-order valence-electron chi connectivity index (χ3n) is 3.77. The van der Waals surface area contributed by atoms with Crippen molar-refractivity contribution in [2.24, 2.45) is 0 Å². The first-order valence-corrected chi connectivity index (χ1v) is 7.59. The van der Waals surface area contributed by atoms with E-state index in [1.165, 1.54) is 5.56 Å². The molecule has 0 aromatic heterocycles. The van der Waals surface area contributed by atoms with E-state index in [0.29, 0.717) is 25.6 Å². The van der Waals surface area contributed by atoms with Crippen LogP contribution in [0.1, 0.15) is 50.5 Å². The quantitative estimate of drug-likeness (QED) is 0.723. The summed E-state index contributed by atoms with van der Waals surface area (Å²) < 4.78 is 10.4. The fraction of sp³-hybridized carbons (Fsp3) is 0.529. The number of benzene rings is 1. The van der Waals surface area contributed by atoms with Gasteiger partial charge in [-0.2, -0.15) is 0 Å². The molecule has 0 spiro atoms. The van der Waals surface area contributed by atoms with Gasteiger partial charge in [-0.05, 0) is 37.3 Å². The van der Waals surface area contributed by atoms with Crippen LogP contribution in [0.3, 0.4) is 0 Å². The second-order valence-electron chi connectivity index (χ2n) is 5.25. The molecule has 2 rings (SSSR count). The fourth-order valence-electron chi connectivity index (χ4n) is 2.65. The molecule has 1 aliphatic rings. The summed E-state index contributed by atoms with van der Waals surface area (Å²) in [5.41, 5.74) is 1.20. The van der Waals surface area contributed by atoms with Crippen molar-refractivity contribution >= 4 is 11.8 Å². The summed E-state index contributed by atoms with van der Waals surface area (Å²) in [5.74, 6) is 1.16. The molecule has 0 amide bonds. The first-order valence-electron chi connectivity index (χ1n) is 7.59. The highest BCUT2D eigenvalue weighted by molar-refractivity contribution is 5.82. The highest BCUT2D eigenvalue weighted by Gasteiger charge is 2.21. The van der Waals surface area contributed by atoms with Crippen LogP contribution in [0.15, 0.2) is 24.3 Å². The van der Waals surface area contributed by atoms with E-state index in [4.69, 9.17) is 9.47 Å². The minimum atomic E-state index is -0.290. The number of esters is 1. The smallest absolute Gasteiger partial charge is 0.306 e. The van der Waals surface area contributed by atoms with Crippen LogP contribution in [0.4, 0.5) is 0 Å². The number of ether oxygens (including phenoxy) is 2. The van der Waals surface area contributed by atoms with Gasteiger partial charge in [0.15, 0.2) is 0 Å². The molecule has 4 nitrogen and oxygen atoms in total. The Morgan fingerprint density at radius 2 is 2.05 bits per heavy atom. The summed E-state index contributed by atoms with van der Waals surface area (Å²) in [5, 5.41) is 0. The zero-order valence-electron chi connectivity index (χ0n) is 12.5. The van der Waals surface area contributed by atoms with E-state index in [0.717, 1.165) is 18.6 Å². The predicted octanol–water partition coefficient (Wildman–Crippen LogP) is 3.25. The van der Waals surface area contributed by atoms with Gasteiger partial charge in [0, 0.05) is 12.8 Å². The molecule has 1 aliphatic heterocycles. The number of hydrogen-bond donors (Lipinski definition) is 0. The van der Waals surface area contributed by atoms with Gasteiger partial charge in [0.2, 0.25) is 0 Å². The Morgan fingerprint density at radius 1 is 1.24 bits per heavy atom. The molecule has 114 valence electrons. The average Bonchev–Trinajstić information content (AvgIpc) is 2.51. The minimum Gasteiger partial charge on any atom is -0.493 e. The zero-order chi connectivity index (χ0) is 15.1. The number of para-hydroxylation sites is 1. The van der Waals surface area contributed by atoms with E-state index >= 15 is 0 Å². The molecule has 21 heavy (non-hydrogen) atoms. The number of Topliss-reactive ketones (excluding diaryl/α,β-unsaturated/α-hetero) is 1. The van der Waals surface area contributed by atoms with Gasteiger partial charge in [0.1, 0.15) is 11.5 Å². The lowest BCUT2D eigenvalue weighted by atomic mass is 9.88. The largest absolute Gasteiger partial charge is 0.493 e. The van der Waals surface area contributed by atoms with Crippen molar-refractivity contribution in [3.8, 4) is 5.75 Å². The van der Waals surface area contributed by atoms with Gasteiger partial charge in [-0.25, -0.2) is 0 Å². The Labute approximate surface area is 125 Å². The van der Waals surface area contributed by atoms with Crippen molar-refractivity contribution in [1.29, 1.82) is 0 Å². The van der Waals surface area contributed by atoms with Crippen LogP contribution in [0, 0.1) is 0 Å². The van der Waals surface area contributed by atoms with Crippen LogP contribution < -0.4 is 4.74 Å². The lowest BCUT2D eigenvalue weighted by Gasteiger charge is -2.25. The number of carbonyl (C=O) groups excluding carboxylic acids is 2. The van der Waals surface area contributed by atoms with Crippen molar-refractivity contribution in [3.05, 3.63) is 29.8 Å². The van der Waals surface area contributed by atoms with Crippen LogP contribution in [0.25, 0.3) is 0 Å². The van der Waals surface area contributed by atoms with Crippen LogP contribution in [-0.2, 0) is 14.3 Å². The number of ketones is 1. The predicted molar refractivity (Wildman–Crippen MR) is 79.4 cm³/mol. The number of fused-ring (bicyclic) bond motifs is 1. The highest BCUT2D eigenvalue weighted by Crippen LogP contribution is 2.36. The summed E-state index contributed by atoms with van der Waals surface area (Å²) in [4.78, 5) is 23.1. The second-order valence-corrected chi connectivity index (χ2v) is 5.25. The standard InChI is InChI=1S/C17H22O4/c1-2-20-17(19)10-9-14(18)8-7-13-11-12-21-16-6-4-3-5-15(13)16/h3-6,13H,2,7-12H2,1H3.